The van der Waals surface area contributed by atoms with E-state index in [-0.39, 0.29) is 5.91 Å². The van der Waals surface area contributed by atoms with Crippen LogP contribution in [0.15, 0.2) is 85.2 Å². The molecule has 0 saturated carbocycles. The second-order valence-electron chi connectivity index (χ2n) is 7.69. The van der Waals surface area contributed by atoms with E-state index in [1.54, 1.807) is 25.9 Å². The number of aryl methyl sites for hydroxylation is 1. The topological polar surface area (TPSA) is 49.7 Å². The second-order valence-corrected chi connectivity index (χ2v) is 7.69. The molecule has 0 aliphatic carbocycles. The lowest BCUT2D eigenvalue weighted by molar-refractivity contribution is 0.0903. The molecule has 0 aliphatic heterocycles. The fourth-order valence-corrected chi connectivity index (χ4v) is 3.77. The Morgan fingerprint density at radius 1 is 0.636 bits per heavy atom. The van der Waals surface area contributed by atoms with Crippen LogP contribution in [-0.4, -0.2) is 31.8 Å². The summed E-state index contributed by atoms with van der Waals surface area (Å²) in [6.45, 7) is 0. The maximum atomic E-state index is 13.1. The van der Waals surface area contributed by atoms with E-state index in [0.717, 1.165) is 45.1 Å². The molecule has 3 aromatic carbocycles. The molecule has 5 nitrogen and oxygen atoms in total. The van der Waals surface area contributed by atoms with Crippen LogP contribution in [0.1, 0.15) is 16.8 Å². The number of ether oxygens (including phenoxy) is 3. The van der Waals surface area contributed by atoms with Crippen LogP contribution in [-0.2, 0) is 6.42 Å². The van der Waals surface area contributed by atoms with Gasteiger partial charge in [0, 0.05) is 29.9 Å². The third-order valence-electron chi connectivity index (χ3n) is 5.70. The number of hydrogen-bond acceptors (Lipinski definition) is 4. The quantitative estimate of drug-likeness (QED) is 0.330. The fourth-order valence-electron chi connectivity index (χ4n) is 3.77. The molecule has 0 amide bonds. The zero-order chi connectivity index (χ0) is 23.2. The van der Waals surface area contributed by atoms with Crippen molar-refractivity contribution in [1.29, 1.82) is 0 Å². The molecule has 0 N–H and O–H groups in total. The number of methoxy groups -OCH3 is 3. The summed E-state index contributed by atoms with van der Waals surface area (Å²) in [6, 6.07) is 23.6. The Morgan fingerprint density at radius 3 is 1.42 bits per heavy atom. The van der Waals surface area contributed by atoms with E-state index in [9.17, 15) is 4.79 Å². The molecule has 5 heteroatoms. The monoisotopic (exact) mass is 441 g/mol. The molecule has 1 aromatic heterocycles. The van der Waals surface area contributed by atoms with Gasteiger partial charge in [0.1, 0.15) is 17.2 Å². The van der Waals surface area contributed by atoms with E-state index in [1.807, 2.05) is 85.2 Å². The van der Waals surface area contributed by atoms with Gasteiger partial charge in [-0.1, -0.05) is 36.4 Å². The number of benzene rings is 3. The minimum absolute atomic E-state index is 0.0420. The molecule has 0 aliphatic rings. The van der Waals surface area contributed by atoms with Crippen molar-refractivity contribution in [3.8, 4) is 39.5 Å². The van der Waals surface area contributed by atoms with Crippen molar-refractivity contribution in [3.63, 3.8) is 0 Å². The van der Waals surface area contributed by atoms with Gasteiger partial charge < -0.3 is 14.2 Å². The molecular weight excluding hydrogens is 414 g/mol. The molecule has 0 fully saturated rings. The number of carbonyl (C=O) groups excluding carboxylic acids is 1. The number of carbonyl (C=O) groups is 1. The Balaban J connectivity index is 1.63. The van der Waals surface area contributed by atoms with Gasteiger partial charge >= 0.3 is 0 Å². The normalized spacial score (nSPS) is 10.6. The first kappa shape index (κ1) is 22.2. The SMILES string of the molecule is COc1ccc(CCC(=O)n2cc(-c3ccc(OC)cc3)c(-c3ccc(OC)cc3)c2)cc1. The number of hydrogen-bond donors (Lipinski definition) is 0. The zero-order valence-corrected chi connectivity index (χ0v) is 19.1. The minimum Gasteiger partial charge on any atom is -0.497 e. The highest BCUT2D eigenvalue weighted by atomic mass is 16.5. The molecular formula is C28H27NO4. The van der Waals surface area contributed by atoms with Gasteiger partial charge in [-0.25, -0.2) is 0 Å². The van der Waals surface area contributed by atoms with Crippen molar-refractivity contribution in [3.05, 3.63) is 90.8 Å². The van der Waals surface area contributed by atoms with Crippen molar-refractivity contribution in [2.24, 2.45) is 0 Å². The Hall–Kier alpha value is -3.99. The van der Waals surface area contributed by atoms with Crippen LogP contribution >= 0.6 is 0 Å². The number of rotatable bonds is 8. The molecule has 0 bridgehead atoms. The van der Waals surface area contributed by atoms with E-state index in [2.05, 4.69) is 0 Å². The summed E-state index contributed by atoms with van der Waals surface area (Å²) in [7, 11) is 4.94. The Morgan fingerprint density at radius 2 is 1.03 bits per heavy atom. The lowest BCUT2D eigenvalue weighted by Crippen LogP contribution is -2.09. The minimum atomic E-state index is 0.0420. The third kappa shape index (κ3) is 5.09. The van der Waals surface area contributed by atoms with Gasteiger partial charge in [-0.05, 0) is 59.5 Å². The van der Waals surface area contributed by atoms with Gasteiger partial charge in [0.2, 0.25) is 5.91 Å². The van der Waals surface area contributed by atoms with Gasteiger partial charge in [0.05, 0.1) is 21.3 Å². The van der Waals surface area contributed by atoms with Gasteiger partial charge in [0.25, 0.3) is 0 Å². The summed E-state index contributed by atoms with van der Waals surface area (Å²) in [5.41, 5.74) is 5.11. The van der Waals surface area contributed by atoms with E-state index < -0.39 is 0 Å². The third-order valence-corrected chi connectivity index (χ3v) is 5.70. The van der Waals surface area contributed by atoms with Crippen LogP contribution in [0.3, 0.4) is 0 Å². The molecule has 0 spiro atoms. The summed E-state index contributed by atoms with van der Waals surface area (Å²) in [4.78, 5) is 13.1. The molecule has 33 heavy (non-hydrogen) atoms. The van der Waals surface area contributed by atoms with Crippen molar-refractivity contribution in [2.75, 3.05) is 21.3 Å². The first-order valence-electron chi connectivity index (χ1n) is 10.8. The van der Waals surface area contributed by atoms with Crippen LogP contribution in [0.2, 0.25) is 0 Å². The predicted octanol–water partition coefficient (Wildman–Crippen LogP) is 6.12. The maximum Gasteiger partial charge on any atom is 0.230 e. The standard InChI is InChI=1S/C28H27NO4/c1-31-23-11-4-20(5-12-23)6-17-28(30)29-18-26(21-7-13-24(32-2)14-8-21)27(19-29)22-9-15-25(33-3)16-10-22/h4-5,7-16,18-19H,6,17H2,1-3H3. The first-order chi connectivity index (χ1) is 16.1. The molecule has 0 radical (unpaired) electrons. The maximum absolute atomic E-state index is 13.1. The van der Waals surface area contributed by atoms with Crippen molar-refractivity contribution >= 4 is 5.91 Å². The lowest BCUT2D eigenvalue weighted by atomic mass is 9.99. The van der Waals surface area contributed by atoms with E-state index in [1.165, 1.54) is 0 Å². The summed E-state index contributed by atoms with van der Waals surface area (Å²) in [5, 5.41) is 0. The average Bonchev–Trinajstić information content (AvgIpc) is 3.33. The van der Waals surface area contributed by atoms with Gasteiger partial charge in [-0.2, -0.15) is 0 Å². The number of nitrogens with zero attached hydrogens (tertiary/aromatic N) is 1. The highest BCUT2D eigenvalue weighted by molar-refractivity contribution is 5.89. The lowest BCUT2D eigenvalue weighted by Gasteiger charge is -2.07. The predicted molar refractivity (Wildman–Crippen MR) is 130 cm³/mol. The molecule has 4 aromatic rings. The van der Waals surface area contributed by atoms with Crippen LogP contribution in [0.5, 0.6) is 17.2 Å². The van der Waals surface area contributed by atoms with Crippen molar-refractivity contribution < 1.29 is 19.0 Å². The first-order valence-corrected chi connectivity index (χ1v) is 10.8. The second kappa shape index (κ2) is 10.1. The largest absolute Gasteiger partial charge is 0.497 e. The summed E-state index contributed by atoms with van der Waals surface area (Å²) in [6.07, 6.45) is 4.90. The average molecular weight is 442 g/mol. The summed E-state index contributed by atoms with van der Waals surface area (Å²) in [5.74, 6) is 2.43. The van der Waals surface area contributed by atoms with Gasteiger partial charge in [-0.3, -0.25) is 9.36 Å². The molecule has 0 saturated heterocycles. The smallest absolute Gasteiger partial charge is 0.230 e. The molecule has 1 heterocycles. The van der Waals surface area contributed by atoms with Crippen LogP contribution in [0.4, 0.5) is 0 Å². The highest BCUT2D eigenvalue weighted by Gasteiger charge is 2.15. The molecule has 0 unspecified atom stereocenters. The molecule has 0 atom stereocenters. The van der Waals surface area contributed by atoms with Crippen molar-refractivity contribution in [2.45, 2.75) is 12.8 Å². The Labute approximate surface area is 194 Å². The summed E-state index contributed by atoms with van der Waals surface area (Å²) < 4.78 is 17.5. The zero-order valence-electron chi connectivity index (χ0n) is 19.1. The van der Waals surface area contributed by atoms with Gasteiger partial charge in [0.15, 0.2) is 0 Å². The van der Waals surface area contributed by atoms with Crippen LogP contribution in [0.25, 0.3) is 22.3 Å². The van der Waals surface area contributed by atoms with E-state index in [0.29, 0.717) is 12.8 Å². The van der Waals surface area contributed by atoms with E-state index >= 15 is 0 Å². The van der Waals surface area contributed by atoms with Crippen LogP contribution < -0.4 is 14.2 Å². The molecule has 4 rings (SSSR count). The highest BCUT2D eigenvalue weighted by Crippen LogP contribution is 2.35. The Bertz CT molecular complexity index is 1140. The molecule has 168 valence electrons. The Kier molecular flexibility index (Phi) is 6.79. The fraction of sp³-hybridized carbons (Fsp3) is 0.179. The van der Waals surface area contributed by atoms with E-state index in [4.69, 9.17) is 14.2 Å². The van der Waals surface area contributed by atoms with Crippen molar-refractivity contribution in [1.82, 2.24) is 4.57 Å². The van der Waals surface area contributed by atoms with Gasteiger partial charge in [-0.15, -0.1) is 0 Å². The summed E-state index contributed by atoms with van der Waals surface area (Å²) >= 11 is 0. The van der Waals surface area contributed by atoms with Crippen LogP contribution in [0, 0.1) is 0 Å². The number of aromatic nitrogens is 1.